The van der Waals surface area contributed by atoms with E-state index in [0.29, 0.717) is 23.2 Å². The van der Waals surface area contributed by atoms with E-state index in [4.69, 9.17) is 22.2 Å². The summed E-state index contributed by atoms with van der Waals surface area (Å²) in [6.45, 7) is -1.02. The van der Waals surface area contributed by atoms with Gasteiger partial charge in [0.05, 0.1) is 23.7 Å². The highest BCUT2D eigenvalue weighted by Gasteiger charge is 2.66. The molecule has 3 atom stereocenters. The predicted octanol–water partition coefficient (Wildman–Crippen LogP) is -0.650. The number of halogens is 1. The maximum atomic E-state index is 13.4. The summed E-state index contributed by atoms with van der Waals surface area (Å²) in [6, 6.07) is -0.409. The van der Waals surface area contributed by atoms with Crippen molar-refractivity contribution in [3.8, 4) is 11.5 Å². The molecule has 20 nitrogen and oxygen atoms in total. The molecule has 50 heavy (non-hydrogen) atoms. The first-order valence-corrected chi connectivity index (χ1v) is 16.6. The maximum absolute atomic E-state index is 13.4. The zero-order valence-corrected chi connectivity index (χ0v) is 27.6. The average Bonchev–Trinajstić information content (AvgIpc) is 3.75. The van der Waals surface area contributed by atoms with Gasteiger partial charge in [-0.25, -0.2) is 24.4 Å². The van der Waals surface area contributed by atoms with E-state index in [1.165, 1.54) is 5.38 Å². The number of rotatable bonds is 11. The summed E-state index contributed by atoms with van der Waals surface area (Å²) >= 11 is 7.52. The molecule has 1 saturated carbocycles. The van der Waals surface area contributed by atoms with Crippen molar-refractivity contribution in [1.82, 2.24) is 30.5 Å². The Morgan fingerprint density at radius 2 is 1.80 bits per heavy atom. The number of thiazole rings is 1. The van der Waals surface area contributed by atoms with E-state index in [0.717, 1.165) is 33.3 Å². The predicted molar refractivity (Wildman–Crippen MR) is 170 cm³/mol. The van der Waals surface area contributed by atoms with Crippen molar-refractivity contribution in [2.24, 2.45) is 5.16 Å². The second-order valence-electron chi connectivity index (χ2n) is 11.4. The van der Waals surface area contributed by atoms with E-state index < -0.39 is 97.7 Å². The Labute approximate surface area is 292 Å². The summed E-state index contributed by atoms with van der Waals surface area (Å²) < 4.78 is 0. The topological polar surface area (TPSA) is 295 Å². The summed E-state index contributed by atoms with van der Waals surface area (Å²) in [7, 11) is 0. The van der Waals surface area contributed by atoms with E-state index in [2.05, 4.69) is 20.9 Å². The highest BCUT2D eigenvalue weighted by molar-refractivity contribution is 8.02. The largest absolute Gasteiger partial charge is 0.504 e. The minimum absolute atomic E-state index is 0.0554. The lowest BCUT2D eigenvalue weighted by Gasteiger charge is -2.41. The highest BCUT2D eigenvalue weighted by atomic mass is 35.5. The molecule has 0 radical (unpaired) electrons. The van der Waals surface area contributed by atoms with Crippen molar-refractivity contribution in [1.29, 1.82) is 0 Å². The van der Waals surface area contributed by atoms with Crippen LogP contribution in [0.1, 0.15) is 35.3 Å². The molecule has 4 aliphatic rings. The van der Waals surface area contributed by atoms with Crippen LogP contribution in [0.3, 0.4) is 0 Å². The van der Waals surface area contributed by atoms with Crippen molar-refractivity contribution in [2.45, 2.75) is 41.2 Å². The SMILES string of the molecule is Nc1nc(/C(=N/OC2(C(=O)O)CCC2)C(=O)NC2C(=O)N3CC(C(=O)O)(N4CCN(NC(=O)C(=O)c5ccc(O)c(O)c5Cl)C4=O)S[C@H]23)cs1. The normalized spacial score (nSPS) is 23.9. The second kappa shape index (κ2) is 12.5. The van der Waals surface area contributed by atoms with Crippen LogP contribution in [-0.4, -0.2) is 129 Å². The lowest BCUT2D eigenvalue weighted by atomic mass is 9.80. The van der Waals surface area contributed by atoms with E-state index >= 15 is 0 Å². The van der Waals surface area contributed by atoms with Crippen LogP contribution in [0.25, 0.3) is 0 Å². The first kappa shape index (κ1) is 34.5. The third kappa shape index (κ3) is 5.53. The van der Waals surface area contributed by atoms with Gasteiger partial charge in [0.15, 0.2) is 22.3 Å². The number of aliphatic carboxylic acids is 2. The number of anilines is 1. The number of carbonyl (C=O) groups is 7. The molecular formula is C27H25ClN8O12S2. The van der Waals surface area contributed by atoms with Crippen molar-refractivity contribution in [3.05, 3.63) is 33.8 Å². The van der Waals surface area contributed by atoms with Gasteiger partial charge in [-0.2, -0.15) is 0 Å². The number of oxime groups is 1. The zero-order chi connectivity index (χ0) is 36.3. The minimum atomic E-state index is -2.08. The molecule has 3 saturated heterocycles. The smallest absolute Gasteiger partial charge is 0.350 e. The number of benzene rings is 1. The number of hydrogen-bond donors (Lipinski definition) is 7. The number of carboxylic acids is 2. The molecule has 8 N–H and O–H groups in total. The van der Waals surface area contributed by atoms with Crippen LogP contribution in [0.4, 0.5) is 9.93 Å². The Morgan fingerprint density at radius 1 is 1.08 bits per heavy atom. The molecule has 6 rings (SSSR count). The molecule has 4 fully saturated rings. The van der Waals surface area contributed by atoms with Crippen molar-refractivity contribution < 1.29 is 58.8 Å². The Kier molecular flexibility index (Phi) is 8.64. The lowest BCUT2D eigenvalue weighted by molar-refractivity contribution is -0.178. The molecule has 2 aromatic rings. The standard InChI is InChI=1S/C27H25ClN8O12S2/c28-13-10(2-3-12(37)17(13)39)16(38)19(41)32-36-7-6-35(25(36)47)27(23(45)46)9-34-20(42)15(21(34)50-27)31-18(40)14(11-8-49-24(29)30-11)33-48-26(22(43)44)4-1-5-26/h2-3,8,15,21,37,39H,1,4-7,9H2,(H2,29,30)(H,31,40)(H,32,41)(H,43,44)(H,45,46)/b33-14-/t15?,21-,27?/m1/s1. The van der Waals surface area contributed by atoms with Gasteiger partial charge in [-0.15, -0.1) is 11.3 Å². The van der Waals surface area contributed by atoms with Crippen LogP contribution < -0.4 is 16.5 Å². The number of ketones is 1. The number of carbonyl (C=O) groups excluding carboxylic acids is 5. The highest BCUT2D eigenvalue weighted by Crippen LogP contribution is 2.49. The number of amides is 5. The number of nitrogen functional groups attached to an aromatic ring is 1. The molecular weight excluding hydrogens is 728 g/mol. The molecule has 5 amide bonds. The van der Waals surface area contributed by atoms with Crippen LogP contribution in [0, 0.1) is 0 Å². The Bertz CT molecular complexity index is 1900. The number of nitrogens with one attached hydrogen (secondary N) is 2. The fraction of sp³-hybridized carbons (Fsp3) is 0.370. The Morgan fingerprint density at radius 3 is 2.40 bits per heavy atom. The molecule has 1 aliphatic carbocycles. The van der Waals surface area contributed by atoms with Gasteiger partial charge in [-0.1, -0.05) is 28.5 Å². The van der Waals surface area contributed by atoms with Crippen molar-refractivity contribution >= 4 is 87.0 Å². The third-order valence-corrected chi connectivity index (χ3v) is 11.3. The number of urea groups is 1. The summed E-state index contributed by atoms with van der Waals surface area (Å²) in [6.07, 6.45) is 0.859. The third-order valence-electron chi connectivity index (χ3n) is 8.53. The van der Waals surface area contributed by atoms with Gasteiger partial charge in [0.1, 0.15) is 17.1 Å². The molecule has 264 valence electrons. The number of aromatic hydroxyl groups is 2. The number of thioether (sulfide) groups is 1. The Balaban J connectivity index is 1.16. The van der Waals surface area contributed by atoms with Crippen LogP contribution in [0.15, 0.2) is 22.7 Å². The van der Waals surface area contributed by atoms with E-state index in [1.54, 1.807) is 0 Å². The Hall–Kier alpha value is -5.35. The molecule has 1 aromatic carbocycles. The number of aromatic nitrogens is 1. The van der Waals surface area contributed by atoms with Crippen molar-refractivity contribution in [3.63, 3.8) is 0 Å². The number of phenolic OH excluding ortho intramolecular Hbond substituents is 2. The van der Waals surface area contributed by atoms with E-state index in [1.807, 2.05) is 0 Å². The fourth-order valence-corrected chi connectivity index (χ4v) is 8.02. The molecule has 0 spiro atoms. The van der Waals surface area contributed by atoms with Gasteiger partial charge in [-0.3, -0.25) is 29.5 Å². The van der Waals surface area contributed by atoms with Crippen LogP contribution in [-0.2, 0) is 28.8 Å². The number of nitrogens with zero attached hydrogens (tertiary/aromatic N) is 5. The number of phenols is 2. The van der Waals surface area contributed by atoms with Crippen LogP contribution in [0.2, 0.25) is 5.02 Å². The number of carboxylic acid groups (broad SMARTS) is 2. The molecule has 2 unspecified atom stereocenters. The lowest BCUT2D eigenvalue weighted by Crippen LogP contribution is -2.68. The van der Waals surface area contributed by atoms with Gasteiger partial charge < -0.3 is 41.2 Å². The maximum Gasteiger partial charge on any atom is 0.350 e. The zero-order valence-electron chi connectivity index (χ0n) is 25.2. The van der Waals surface area contributed by atoms with Gasteiger partial charge in [0.2, 0.25) is 16.4 Å². The molecule has 0 bridgehead atoms. The van der Waals surface area contributed by atoms with Crippen LogP contribution >= 0.6 is 34.7 Å². The number of hydrogen-bond acceptors (Lipinski definition) is 15. The van der Waals surface area contributed by atoms with Crippen LogP contribution in [0.5, 0.6) is 11.5 Å². The fourth-order valence-electron chi connectivity index (χ4n) is 5.59. The monoisotopic (exact) mass is 752 g/mol. The average molecular weight is 753 g/mol. The van der Waals surface area contributed by atoms with E-state index in [9.17, 15) is 54.0 Å². The number of Topliss-reactive ketones (excluding diaryl/α,β-unsaturated/α-hetero) is 1. The summed E-state index contributed by atoms with van der Waals surface area (Å²) in [4.78, 5) is 99.2. The van der Waals surface area contributed by atoms with E-state index in [-0.39, 0.29) is 36.8 Å². The number of β-lactam (4-membered cyclic amide) rings is 1. The first-order valence-electron chi connectivity index (χ1n) is 14.5. The minimum Gasteiger partial charge on any atom is -0.504 e. The quantitative estimate of drug-likeness (QED) is 0.0375. The molecule has 4 heterocycles. The number of fused-ring (bicyclic) bond motifs is 1. The van der Waals surface area contributed by atoms with Crippen molar-refractivity contribution in [2.75, 3.05) is 25.4 Å². The summed E-state index contributed by atoms with van der Waals surface area (Å²) in [5, 5.41) is 46.1. The molecule has 23 heteroatoms. The number of hydrazine groups is 1. The number of nitrogens with two attached hydrogens (primary N) is 1. The summed E-state index contributed by atoms with van der Waals surface area (Å²) in [5.74, 6) is -8.56. The molecule has 1 aromatic heterocycles. The van der Waals surface area contributed by atoms with Gasteiger partial charge in [-0.05, 0) is 18.6 Å². The van der Waals surface area contributed by atoms with Gasteiger partial charge in [0.25, 0.3) is 11.7 Å². The summed E-state index contributed by atoms with van der Waals surface area (Å²) in [5.41, 5.74) is 5.15. The van der Waals surface area contributed by atoms with Gasteiger partial charge in [0, 0.05) is 24.8 Å². The second-order valence-corrected chi connectivity index (χ2v) is 14.1. The van der Waals surface area contributed by atoms with Gasteiger partial charge >= 0.3 is 23.9 Å². The molecule has 3 aliphatic heterocycles. The first-order chi connectivity index (χ1) is 23.6.